The van der Waals surface area contributed by atoms with Crippen LogP contribution in [0.5, 0.6) is 11.5 Å². The molecule has 0 saturated heterocycles. The van der Waals surface area contributed by atoms with Crippen molar-refractivity contribution in [3.63, 3.8) is 0 Å². The van der Waals surface area contributed by atoms with Gasteiger partial charge in [-0.15, -0.1) is 0 Å². The van der Waals surface area contributed by atoms with Crippen molar-refractivity contribution < 1.29 is 19.7 Å². The third-order valence-electron chi connectivity index (χ3n) is 2.50. The topological polar surface area (TPSA) is 71.0 Å². The zero-order chi connectivity index (χ0) is 14.3. The van der Waals surface area contributed by atoms with Crippen LogP contribution in [0, 0.1) is 0 Å². The standard InChI is InChI=1S/C13H20ClNO4/c1-3-15-6-9-4-11(14)13(12(5-9)18-2)19-8-10(17)7-16/h4-5,10,15-17H,3,6-8H2,1-2H3. The normalized spacial score (nSPS) is 12.3. The molecule has 0 aliphatic carbocycles. The third kappa shape index (κ3) is 4.87. The predicted octanol–water partition coefficient (Wildman–Crippen LogP) is 1.19. The summed E-state index contributed by atoms with van der Waals surface area (Å²) in [5.41, 5.74) is 0.985. The Kier molecular flexibility index (Phi) is 6.94. The second kappa shape index (κ2) is 8.22. The van der Waals surface area contributed by atoms with Crippen LogP contribution in [0.4, 0.5) is 0 Å². The molecule has 0 bridgehead atoms. The zero-order valence-corrected chi connectivity index (χ0v) is 11.9. The van der Waals surface area contributed by atoms with E-state index >= 15 is 0 Å². The van der Waals surface area contributed by atoms with Gasteiger partial charge >= 0.3 is 0 Å². The van der Waals surface area contributed by atoms with Gasteiger partial charge < -0.3 is 25.0 Å². The Hall–Kier alpha value is -1.01. The molecule has 0 spiro atoms. The first-order valence-corrected chi connectivity index (χ1v) is 6.49. The van der Waals surface area contributed by atoms with Crippen molar-refractivity contribution in [1.29, 1.82) is 0 Å². The number of halogens is 1. The van der Waals surface area contributed by atoms with Crippen molar-refractivity contribution in [3.05, 3.63) is 22.7 Å². The van der Waals surface area contributed by atoms with Crippen LogP contribution in [-0.4, -0.2) is 43.2 Å². The molecule has 0 amide bonds. The Balaban J connectivity index is 2.85. The van der Waals surface area contributed by atoms with Gasteiger partial charge in [0.25, 0.3) is 0 Å². The SMILES string of the molecule is CCNCc1cc(Cl)c(OCC(O)CO)c(OC)c1. The quantitative estimate of drug-likeness (QED) is 0.671. The molecule has 1 aromatic carbocycles. The number of aliphatic hydroxyl groups excluding tert-OH is 2. The van der Waals surface area contributed by atoms with Crippen molar-refractivity contribution in [2.75, 3.05) is 26.9 Å². The van der Waals surface area contributed by atoms with Gasteiger partial charge in [0.05, 0.1) is 18.7 Å². The van der Waals surface area contributed by atoms with Crippen molar-refractivity contribution in [2.24, 2.45) is 0 Å². The van der Waals surface area contributed by atoms with Gasteiger partial charge in [-0.05, 0) is 24.2 Å². The maximum absolute atomic E-state index is 9.28. The lowest BCUT2D eigenvalue weighted by Gasteiger charge is -2.15. The summed E-state index contributed by atoms with van der Waals surface area (Å²) in [6.45, 7) is 3.16. The van der Waals surface area contributed by atoms with Gasteiger partial charge in [-0.1, -0.05) is 18.5 Å². The van der Waals surface area contributed by atoms with E-state index < -0.39 is 6.10 Å². The number of rotatable bonds is 8. The molecule has 19 heavy (non-hydrogen) atoms. The Labute approximate surface area is 118 Å². The average molecular weight is 290 g/mol. The summed E-state index contributed by atoms with van der Waals surface area (Å²) >= 11 is 6.14. The number of ether oxygens (including phenoxy) is 2. The Morgan fingerprint density at radius 2 is 2.16 bits per heavy atom. The summed E-state index contributed by atoms with van der Waals surface area (Å²) in [5, 5.41) is 21.6. The smallest absolute Gasteiger partial charge is 0.179 e. The summed E-state index contributed by atoms with van der Waals surface area (Å²) in [6.07, 6.45) is -0.942. The first-order valence-electron chi connectivity index (χ1n) is 6.11. The van der Waals surface area contributed by atoms with Crippen LogP contribution < -0.4 is 14.8 Å². The molecule has 0 heterocycles. The molecular weight excluding hydrogens is 270 g/mol. The van der Waals surface area contributed by atoms with Crippen LogP contribution in [-0.2, 0) is 6.54 Å². The van der Waals surface area contributed by atoms with Crippen LogP contribution in [0.15, 0.2) is 12.1 Å². The van der Waals surface area contributed by atoms with Gasteiger partial charge in [0.15, 0.2) is 11.5 Å². The lowest BCUT2D eigenvalue weighted by atomic mass is 10.2. The summed E-state index contributed by atoms with van der Waals surface area (Å²) in [5.74, 6) is 0.877. The highest BCUT2D eigenvalue weighted by molar-refractivity contribution is 6.32. The molecule has 6 heteroatoms. The van der Waals surface area contributed by atoms with E-state index in [4.69, 9.17) is 26.2 Å². The first kappa shape index (κ1) is 16.0. The lowest BCUT2D eigenvalue weighted by Crippen LogP contribution is -2.21. The van der Waals surface area contributed by atoms with Crippen molar-refractivity contribution >= 4 is 11.6 Å². The van der Waals surface area contributed by atoms with Gasteiger partial charge in [0, 0.05) is 6.54 Å². The van der Waals surface area contributed by atoms with Crippen LogP contribution >= 0.6 is 11.6 Å². The van der Waals surface area contributed by atoms with E-state index in [2.05, 4.69) is 5.32 Å². The molecular formula is C13H20ClNO4. The van der Waals surface area contributed by atoms with Gasteiger partial charge in [-0.3, -0.25) is 0 Å². The van der Waals surface area contributed by atoms with E-state index in [1.807, 2.05) is 13.0 Å². The predicted molar refractivity (Wildman–Crippen MR) is 74.0 cm³/mol. The largest absolute Gasteiger partial charge is 0.493 e. The Bertz CT molecular complexity index is 400. The lowest BCUT2D eigenvalue weighted by molar-refractivity contribution is 0.0527. The molecule has 5 nitrogen and oxygen atoms in total. The first-order chi connectivity index (χ1) is 9.12. The monoisotopic (exact) mass is 289 g/mol. The number of benzene rings is 1. The molecule has 0 aliphatic rings. The summed E-state index contributed by atoms with van der Waals surface area (Å²) < 4.78 is 10.6. The Morgan fingerprint density at radius 3 is 2.74 bits per heavy atom. The van der Waals surface area contributed by atoms with Gasteiger partial charge in [-0.2, -0.15) is 0 Å². The van der Waals surface area contributed by atoms with Crippen LogP contribution in [0.2, 0.25) is 5.02 Å². The van der Waals surface area contributed by atoms with Crippen LogP contribution in [0.1, 0.15) is 12.5 Å². The molecule has 1 aromatic rings. The van der Waals surface area contributed by atoms with Gasteiger partial charge in [-0.25, -0.2) is 0 Å². The van der Waals surface area contributed by atoms with Crippen molar-refractivity contribution in [2.45, 2.75) is 19.6 Å². The summed E-state index contributed by atoms with van der Waals surface area (Å²) in [6, 6.07) is 3.61. The van der Waals surface area contributed by atoms with Crippen molar-refractivity contribution in [3.8, 4) is 11.5 Å². The molecule has 1 rings (SSSR count). The van der Waals surface area contributed by atoms with E-state index in [9.17, 15) is 5.11 Å². The summed E-state index contributed by atoms with van der Waals surface area (Å²) in [7, 11) is 1.53. The number of hydrogen-bond donors (Lipinski definition) is 3. The number of methoxy groups -OCH3 is 1. The average Bonchev–Trinajstić information content (AvgIpc) is 2.42. The number of aliphatic hydroxyl groups is 2. The van der Waals surface area contributed by atoms with Crippen molar-refractivity contribution in [1.82, 2.24) is 5.32 Å². The third-order valence-corrected chi connectivity index (χ3v) is 2.78. The zero-order valence-electron chi connectivity index (χ0n) is 11.1. The molecule has 0 fully saturated rings. The highest BCUT2D eigenvalue weighted by Gasteiger charge is 2.13. The molecule has 108 valence electrons. The second-order valence-electron chi connectivity index (χ2n) is 4.04. The summed E-state index contributed by atoms with van der Waals surface area (Å²) in [4.78, 5) is 0. The molecule has 0 saturated carbocycles. The number of nitrogens with one attached hydrogen (secondary N) is 1. The molecule has 0 radical (unpaired) electrons. The number of hydrogen-bond acceptors (Lipinski definition) is 5. The minimum atomic E-state index is -0.942. The highest BCUT2D eigenvalue weighted by Crippen LogP contribution is 2.36. The maximum atomic E-state index is 9.28. The highest BCUT2D eigenvalue weighted by atomic mass is 35.5. The van der Waals surface area contributed by atoms with E-state index in [0.717, 1.165) is 12.1 Å². The Morgan fingerprint density at radius 1 is 1.42 bits per heavy atom. The van der Waals surface area contributed by atoms with Crippen LogP contribution in [0.3, 0.4) is 0 Å². The molecule has 1 atom stereocenters. The van der Waals surface area contributed by atoms with Gasteiger partial charge in [0.2, 0.25) is 0 Å². The maximum Gasteiger partial charge on any atom is 0.179 e. The van der Waals surface area contributed by atoms with E-state index in [0.29, 0.717) is 23.1 Å². The molecule has 0 aliphatic heterocycles. The molecule has 0 aromatic heterocycles. The van der Waals surface area contributed by atoms with Gasteiger partial charge in [0.1, 0.15) is 12.7 Å². The van der Waals surface area contributed by atoms with Crippen LogP contribution in [0.25, 0.3) is 0 Å². The van der Waals surface area contributed by atoms with E-state index in [1.165, 1.54) is 7.11 Å². The molecule has 1 unspecified atom stereocenters. The fourth-order valence-corrected chi connectivity index (χ4v) is 1.80. The minimum Gasteiger partial charge on any atom is -0.493 e. The van der Waals surface area contributed by atoms with E-state index in [-0.39, 0.29) is 13.2 Å². The van der Waals surface area contributed by atoms with E-state index in [1.54, 1.807) is 6.07 Å². The fraction of sp³-hybridized carbons (Fsp3) is 0.538. The fourth-order valence-electron chi connectivity index (χ4n) is 1.52. The minimum absolute atomic E-state index is 0.0425. The molecule has 3 N–H and O–H groups in total. The second-order valence-corrected chi connectivity index (χ2v) is 4.44.